The molecule has 3 rings (SSSR count). The summed E-state index contributed by atoms with van der Waals surface area (Å²) in [5.41, 5.74) is 10.6. The summed E-state index contributed by atoms with van der Waals surface area (Å²) in [4.78, 5) is 12.1. The van der Waals surface area contributed by atoms with E-state index in [9.17, 15) is 4.79 Å². The van der Waals surface area contributed by atoms with E-state index in [0.29, 0.717) is 5.75 Å². The highest BCUT2D eigenvalue weighted by atomic mass is 79.9. The molecule has 0 bridgehead atoms. The molecule has 4 nitrogen and oxygen atoms in total. The van der Waals surface area contributed by atoms with E-state index in [0.717, 1.165) is 32.9 Å². The van der Waals surface area contributed by atoms with Crippen LogP contribution in [0.4, 0.5) is 0 Å². The largest absolute Gasteiger partial charge is 0.317 e. The number of carbonyl (C=O) groups is 1. The fourth-order valence-corrected chi connectivity index (χ4v) is 4.61. The molecule has 0 unspecified atom stereocenters. The Morgan fingerprint density at radius 2 is 1.80 bits per heavy atom. The molecule has 0 spiro atoms. The van der Waals surface area contributed by atoms with Crippen molar-refractivity contribution >= 4 is 39.8 Å². The van der Waals surface area contributed by atoms with Gasteiger partial charge >= 0.3 is 0 Å². The first kappa shape index (κ1) is 22.4. The molecule has 6 heteroatoms. The van der Waals surface area contributed by atoms with Gasteiger partial charge in [-0.3, -0.25) is 4.79 Å². The standard InChI is InChI=1S/C24H26BrN3OS/c1-16-10-11-21(12-17(16)2)28-18(3)22(24(25)19(28)4)13-26-27-23(29)15-30-14-20-8-6-5-7-9-20/h5-13H,14-15H2,1-4H3,(H,27,29)/b26-13-. The Balaban J connectivity index is 1.65. The Morgan fingerprint density at radius 1 is 1.07 bits per heavy atom. The lowest BCUT2D eigenvalue weighted by atomic mass is 10.1. The Kier molecular flexibility index (Phi) is 7.56. The van der Waals surface area contributed by atoms with Crippen LogP contribution in [-0.4, -0.2) is 22.4 Å². The van der Waals surface area contributed by atoms with Gasteiger partial charge in [0.1, 0.15) is 0 Å². The second kappa shape index (κ2) is 10.1. The molecule has 1 heterocycles. The summed E-state index contributed by atoms with van der Waals surface area (Å²) in [7, 11) is 0. The lowest BCUT2D eigenvalue weighted by Crippen LogP contribution is -2.19. The fraction of sp³-hybridized carbons (Fsp3) is 0.250. The van der Waals surface area contributed by atoms with Gasteiger partial charge in [0, 0.05) is 32.9 Å². The number of nitrogens with zero attached hydrogens (tertiary/aromatic N) is 2. The third-order valence-electron chi connectivity index (χ3n) is 5.09. The molecular formula is C24H26BrN3OS. The first-order valence-corrected chi connectivity index (χ1v) is 11.7. The first-order valence-electron chi connectivity index (χ1n) is 9.77. The van der Waals surface area contributed by atoms with Crippen LogP contribution in [0.2, 0.25) is 0 Å². The van der Waals surface area contributed by atoms with Crippen LogP contribution in [0.15, 0.2) is 58.1 Å². The molecule has 30 heavy (non-hydrogen) atoms. The molecule has 0 radical (unpaired) electrons. The number of hydrogen-bond acceptors (Lipinski definition) is 3. The average molecular weight is 484 g/mol. The number of aromatic nitrogens is 1. The molecule has 1 amide bonds. The predicted molar refractivity (Wildman–Crippen MR) is 131 cm³/mol. The summed E-state index contributed by atoms with van der Waals surface area (Å²) in [5, 5.41) is 4.19. The zero-order chi connectivity index (χ0) is 21.7. The molecule has 0 atom stereocenters. The van der Waals surface area contributed by atoms with Crippen molar-refractivity contribution in [1.29, 1.82) is 0 Å². The third-order valence-corrected chi connectivity index (χ3v) is 7.10. The topological polar surface area (TPSA) is 46.4 Å². The van der Waals surface area contributed by atoms with Crippen molar-refractivity contribution in [2.75, 3.05) is 5.75 Å². The quantitative estimate of drug-likeness (QED) is 0.338. The van der Waals surface area contributed by atoms with E-state index in [2.05, 4.69) is 89.1 Å². The molecule has 0 aliphatic rings. The number of hydrogen-bond donors (Lipinski definition) is 1. The van der Waals surface area contributed by atoms with Crippen LogP contribution in [0.25, 0.3) is 5.69 Å². The number of thioether (sulfide) groups is 1. The maximum atomic E-state index is 12.1. The van der Waals surface area contributed by atoms with Crippen LogP contribution >= 0.6 is 27.7 Å². The van der Waals surface area contributed by atoms with Gasteiger partial charge in [-0.15, -0.1) is 11.8 Å². The highest BCUT2D eigenvalue weighted by Crippen LogP contribution is 2.30. The monoisotopic (exact) mass is 483 g/mol. The van der Waals surface area contributed by atoms with Crippen molar-refractivity contribution in [3.8, 4) is 5.69 Å². The minimum atomic E-state index is -0.105. The van der Waals surface area contributed by atoms with E-state index in [1.54, 1.807) is 18.0 Å². The number of aryl methyl sites for hydroxylation is 2. The minimum Gasteiger partial charge on any atom is -0.317 e. The Morgan fingerprint density at radius 3 is 2.50 bits per heavy atom. The smallest absolute Gasteiger partial charge is 0.250 e. The fourth-order valence-electron chi connectivity index (χ4n) is 3.26. The van der Waals surface area contributed by atoms with E-state index in [-0.39, 0.29) is 5.91 Å². The van der Waals surface area contributed by atoms with Crippen LogP contribution in [0.1, 0.15) is 33.6 Å². The molecular weight excluding hydrogens is 458 g/mol. The molecule has 1 N–H and O–H groups in total. The van der Waals surface area contributed by atoms with Crippen LogP contribution in [0.5, 0.6) is 0 Å². The van der Waals surface area contributed by atoms with Gasteiger partial charge < -0.3 is 4.57 Å². The summed E-state index contributed by atoms with van der Waals surface area (Å²) < 4.78 is 3.18. The van der Waals surface area contributed by atoms with E-state index < -0.39 is 0 Å². The Labute approximate surface area is 190 Å². The van der Waals surface area contributed by atoms with Crippen molar-refractivity contribution in [3.05, 3.63) is 86.6 Å². The molecule has 0 fully saturated rings. The second-order valence-electron chi connectivity index (χ2n) is 7.27. The molecule has 0 saturated heterocycles. The lowest BCUT2D eigenvalue weighted by Gasteiger charge is -2.11. The van der Waals surface area contributed by atoms with Crippen LogP contribution < -0.4 is 5.43 Å². The predicted octanol–water partition coefficient (Wildman–Crippen LogP) is 5.86. The minimum absolute atomic E-state index is 0.105. The number of hydrazone groups is 1. The van der Waals surface area contributed by atoms with Gasteiger partial charge in [-0.1, -0.05) is 36.4 Å². The number of amides is 1. The Hall–Kier alpha value is -2.31. The maximum Gasteiger partial charge on any atom is 0.250 e. The average Bonchev–Trinajstić information content (AvgIpc) is 2.94. The third kappa shape index (κ3) is 5.24. The molecule has 0 aliphatic heterocycles. The SMILES string of the molecule is Cc1ccc(-n2c(C)c(Br)c(/C=N\NC(=O)CSCc3ccccc3)c2C)cc1C. The van der Waals surface area contributed by atoms with Gasteiger partial charge in [-0.05, 0) is 72.4 Å². The van der Waals surface area contributed by atoms with Crippen LogP contribution in [-0.2, 0) is 10.5 Å². The van der Waals surface area contributed by atoms with Crippen molar-refractivity contribution in [3.63, 3.8) is 0 Å². The number of nitrogens with one attached hydrogen (secondary N) is 1. The van der Waals surface area contributed by atoms with E-state index in [1.165, 1.54) is 16.7 Å². The second-order valence-corrected chi connectivity index (χ2v) is 9.05. The van der Waals surface area contributed by atoms with Gasteiger partial charge in [-0.25, -0.2) is 5.43 Å². The van der Waals surface area contributed by atoms with Gasteiger partial charge in [-0.2, -0.15) is 5.10 Å². The molecule has 156 valence electrons. The summed E-state index contributed by atoms with van der Waals surface area (Å²) in [6.07, 6.45) is 1.71. The highest BCUT2D eigenvalue weighted by Gasteiger charge is 2.16. The van der Waals surface area contributed by atoms with Crippen molar-refractivity contribution in [2.45, 2.75) is 33.4 Å². The lowest BCUT2D eigenvalue weighted by molar-refractivity contribution is -0.118. The molecule has 0 saturated carbocycles. The highest BCUT2D eigenvalue weighted by molar-refractivity contribution is 9.10. The van der Waals surface area contributed by atoms with E-state index in [1.807, 2.05) is 18.2 Å². The Bertz CT molecular complexity index is 1070. The number of carbonyl (C=O) groups excluding carboxylic acids is 1. The van der Waals surface area contributed by atoms with Crippen molar-refractivity contribution in [2.24, 2.45) is 5.10 Å². The first-order chi connectivity index (χ1) is 14.4. The normalized spacial score (nSPS) is 11.2. The zero-order valence-corrected chi connectivity index (χ0v) is 20.1. The molecule has 2 aromatic carbocycles. The number of benzene rings is 2. The van der Waals surface area contributed by atoms with Gasteiger partial charge in [0.15, 0.2) is 0 Å². The van der Waals surface area contributed by atoms with Gasteiger partial charge in [0.2, 0.25) is 5.91 Å². The van der Waals surface area contributed by atoms with Crippen molar-refractivity contribution < 1.29 is 4.79 Å². The number of halogens is 1. The summed E-state index contributed by atoms with van der Waals surface area (Å²) in [5.74, 6) is 1.07. The van der Waals surface area contributed by atoms with E-state index in [4.69, 9.17) is 0 Å². The number of rotatable bonds is 7. The van der Waals surface area contributed by atoms with Crippen LogP contribution in [0, 0.1) is 27.7 Å². The van der Waals surface area contributed by atoms with Crippen LogP contribution in [0.3, 0.4) is 0 Å². The summed E-state index contributed by atoms with van der Waals surface area (Å²) in [6.45, 7) is 8.37. The molecule has 1 aromatic heterocycles. The zero-order valence-electron chi connectivity index (χ0n) is 17.7. The summed E-state index contributed by atoms with van der Waals surface area (Å²) >= 11 is 5.26. The summed E-state index contributed by atoms with van der Waals surface area (Å²) in [6, 6.07) is 16.6. The molecule has 0 aliphatic carbocycles. The van der Waals surface area contributed by atoms with Gasteiger partial charge in [0.25, 0.3) is 0 Å². The van der Waals surface area contributed by atoms with Crippen molar-refractivity contribution in [1.82, 2.24) is 9.99 Å². The maximum absolute atomic E-state index is 12.1. The van der Waals surface area contributed by atoms with Gasteiger partial charge in [0.05, 0.1) is 12.0 Å². The molecule has 3 aromatic rings. The van der Waals surface area contributed by atoms with E-state index >= 15 is 0 Å².